The van der Waals surface area contributed by atoms with E-state index in [1.807, 2.05) is 18.2 Å². The van der Waals surface area contributed by atoms with Crippen LogP contribution in [0.25, 0.3) is 6.08 Å². The Morgan fingerprint density at radius 2 is 2.09 bits per heavy atom. The van der Waals surface area contributed by atoms with E-state index in [0.717, 1.165) is 40.0 Å². The molecule has 0 unspecified atom stereocenters. The number of hydrogen-bond acceptors (Lipinski definition) is 6. The molecule has 0 aliphatic carbocycles. The van der Waals surface area contributed by atoms with Crippen LogP contribution in [-0.4, -0.2) is 65.3 Å². The highest BCUT2D eigenvalue weighted by Crippen LogP contribution is 2.33. The maximum Gasteiger partial charge on any atom is 0.286 e. The van der Waals surface area contributed by atoms with Gasteiger partial charge < -0.3 is 10.0 Å². The molecule has 3 rings (SSSR count). The average Bonchev–Trinajstić information content (AvgIpc) is 3.07. The second-order valence-corrected chi connectivity index (χ2v) is 8.51. The molecular weight excluding hydrogens is 386 g/mol. The third-order valence-corrected chi connectivity index (χ3v) is 6.15. The van der Waals surface area contributed by atoms with Crippen molar-refractivity contribution in [3.8, 4) is 0 Å². The summed E-state index contributed by atoms with van der Waals surface area (Å²) >= 11 is 6.48. The van der Waals surface area contributed by atoms with E-state index < -0.39 is 0 Å². The number of β-amino-alcohol motifs (C(OH)–C–C–N with tert-alkyl or cyclic N) is 1. The molecule has 118 valence electrons. The number of aliphatic hydroxyl groups excluding tert-OH is 1. The zero-order valence-electron chi connectivity index (χ0n) is 11.9. The number of piperazine rings is 1. The van der Waals surface area contributed by atoms with Crippen molar-refractivity contribution in [1.82, 2.24) is 9.80 Å². The molecule has 1 aromatic heterocycles. The molecule has 8 heteroatoms. The van der Waals surface area contributed by atoms with Crippen LogP contribution in [0.3, 0.4) is 0 Å². The van der Waals surface area contributed by atoms with E-state index in [2.05, 4.69) is 30.7 Å². The van der Waals surface area contributed by atoms with E-state index in [1.54, 1.807) is 11.3 Å². The molecule has 0 spiro atoms. The van der Waals surface area contributed by atoms with Gasteiger partial charge in [0, 0.05) is 37.6 Å². The van der Waals surface area contributed by atoms with Gasteiger partial charge in [-0.15, -0.1) is 11.3 Å². The molecule has 2 aliphatic rings. The van der Waals surface area contributed by atoms with Crippen LogP contribution in [0.1, 0.15) is 4.88 Å². The normalized spacial score (nSPS) is 21.7. The van der Waals surface area contributed by atoms with Crippen molar-refractivity contribution in [1.29, 1.82) is 0 Å². The van der Waals surface area contributed by atoms with Crippen LogP contribution in [0, 0.1) is 0 Å². The van der Waals surface area contributed by atoms with Crippen LogP contribution in [-0.2, 0) is 4.79 Å². The molecule has 2 aliphatic heterocycles. The number of amidine groups is 1. The van der Waals surface area contributed by atoms with E-state index in [0.29, 0.717) is 11.4 Å². The smallest absolute Gasteiger partial charge is 0.286 e. The molecule has 3 heterocycles. The highest BCUT2D eigenvalue weighted by molar-refractivity contribution is 9.11. The molecule has 1 fully saturated rings. The van der Waals surface area contributed by atoms with E-state index >= 15 is 0 Å². The van der Waals surface area contributed by atoms with Gasteiger partial charge in [0.05, 0.1) is 15.3 Å². The number of hydrogen-bond donors (Lipinski definition) is 1. The first-order chi connectivity index (χ1) is 10.7. The van der Waals surface area contributed by atoms with Crippen molar-refractivity contribution in [2.45, 2.75) is 0 Å². The fourth-order valence-electron chi connectivity index (χ4n) is 2.37. The quantitative estimate of drug-likeness (QED) is 0.785. The van der Waals surface area contributed by atoms with E-state index in [9.17, 15) is 4.79 Å². The maximum absolute atomic E-state index is 12.1. The van der Waals surface area contributed by atoms with Gasteiger partial charge in [-0.25, -0.2) is 0 Å². The zero-order valence-corrected chi connectivity index (χ0v) is 15.1. The van der Waals surface area contributed by atoms with E-state index in [1.165, 1.54) is 11.8 Å². The van der Waals surface area contributed by atoms with Crippen molar-refractivity contribution in [3.63, 3.8) is 0 Å². The van der Waals surface area contributed by atoms with Gasteiger partial charge in [0.15, 0.2) is 5.17 Å². The van der Waals surface area contributed by atoms with Gasteiger partial charge in [-0.2, -0.15) is 4.99 Å². The van der Waals surface area contributed by atoms with Gasteiger partial charge in [0.1, 0.15) is 0 Å². The van der Waals surface area contributed by atoms with Crippen LogP contribution in [0.5, 0.6) is 0 Å². The molecule has 0 radical (unpaired) electrons. The summed E-state index contributed by atoms with van der Waals surface area (Å²) in [6.45, 7) is 4.38. The Balaban J connectivity index is 1.62. The van der Waals surface area contributed by atoms with E-state index in [-0.39, 0.29) is 12.5 Å². The summed E-state index contributed by atoms with van der Waals surface area (Å²) in [5, 5.41) is 9.77. The number of thioether (sulfide) groups is 1. The van der Waals surface area contributed by atoms with Crippen LogP contribution in [0.15, 0.2) is 25.8 Å². The molecule has 22 heavy (non-hydrogen) atoms. The second-order valence-electron chi connectivity index (χ2n) is 5.00. The Hall–Kier alpha value is -0.670. The Bertz CT molecular complexity index is 621. The lowest BCUT2D eigenvalue weighted by Crippen LogP contribution is -2.48. The molecule has 1 N–H and O–H groups in total. The number of thiophene rings is 1. The molecule has 5 nitrogen and oxygen atoms in total. The van der Waals surface area contributed by atoms with Crippen LogP contribution < -0.4 is 0 Å². The first-order valence-corrected chi connectivity index (χ1v) is 9.44. The van der Waals surface area contributed by atoms with Crippen LogP contribution >= 0.6 is 39.0 Å². The highest BCUT2D eigenvalue weighted by atomic mass is 79.9. The van der Waals surface area contributed by atoms with Crippen molar-refractivity contribution < 1.29 is 9.90 Å². The van der Waals surface area contributed by atoms with Crippen LogP contribution in [0.2, 0.25) is 0 Å². The Kier molecular flexibility index (Phi) is 5.35. The molecule has 0 saturated carbocycles. The number of aliphatic imine (C=N–C) groups is 1. The van der Waals surface area contributed by atoms with Crippen molar-refractivity contribution in [2.24, 2.45) is 4.99 Å². The minimum Gasteiger partial charge on any atom is -0.395 e. The molecule has 1 saturated heterocycles. The zero-order chi connectivity index (χ0) is 15.5. The Labute approximate surface area is 145 Å². The molecule has 0 bridgehead atoms. The number of nitrogens with zero attached hydrogens (tertiary/aromatic N) is 3. The first-order valence-electron chi connectivity index (χ1n) is 7.02. The van der Waals surface area contributed by atoms with Gasteiger partial charge in [-0.3, -0.25) is 9.69 Å². The molecular formula is C14H16BrN3O2S2. The lowest BCUT2D eigenvalue weighted by Gasteiger charge is -2.34. The lowest BCUT2D eigenvalue weighted by molar-refractivity contribution is -0.113. The third kappa shape index (κ3) is 3.80. The standard InChI is InChI=1S/C14H16BrN3O2S2/c15-12-2-1-10(21-12)9-11-13(20)16-14(22-11)18-5-3-17(4-6-18)7-8-19/h1-2,9,19H,3-8H2/b11-9-. The number of carbonyl (C=O) groups is 1. The molecule has 0 atom stereocenters. The molecule has 0 aromatic carbocycles. The number of carbonyl (C=O) groups excluding carboxylic acids is 1. The average molecular weight is 402 g/mol. The molecule has 1 amide bonds. The number of halogens is 1. The van der Waals surface area contributed by atoms with Gasteiger partial charge in [0.2, 0.25) is 0 Å². The SMILES string of the molecule is O=C1N=C(N2CCN(CCO)CC2)S/C1=C\c1ccc(Br)s1. The summed E-state index contributed by atoms with van der Waals surface area (Å²) in [7, 11) is 0. The number of rotatable bonds is 3. The predicted molar refractivity (Wildman–Crippen MR) is 95.1 cm³/mol. The maximum atomic E-state index is 12.1. The van der Waals surface area contributed by atoms with Crippen molar-refractivity contribution >= 4 is 56.2 Å². The number of aliphatic hydroxyl groups is 1. The van der Waals surface area contributed by atoms with E-state index in [4.69, 9.17) is 5.11 Å². The highest BCUT2D eigenvalue weighted by Gasteiger charge is 2.28. The summed E-state index contributed by atoms with van der Waals surface area (Å²) in [6.07, 6.45) is 1.90. The summed E-state index contributed by atoms with van der Waals surface area (Å²) in [6, 6.07) is 3.96. The summed E-state index contributed by atoms with van der Waals surface area (Å²) in [5.74, 6) is -0.151. The lowest BCUT2D eigenvalue weighted by atomic mass is 10.3. The minimum atomic E-state index is -0.151. The summed E-state index contributed by atoms with van der Waals surface area (Å²) in [5.41, 5.74) is 0. The summed E-state index contributed by atoms with van der Waals surface area (Å²) < 4.78 is 1.05. The minimum absolute atomic E-state index is 0.151. The summed E-state index contributed by atoms with van der Waals surface area (Å²) in [4.78, 5) is 22.3. The second kappa shape index (κ2) is 7.27. The van der Waals surface area contributed by atoms with Crippen molar-refractivity contribution in [2.75, 3.05) is 39.3 Å². The molecule has 1 aromatic rings. The van der Waals surface area contributed by atoms with Gasteiger partial charge in [-0.05, 0) is 45.9 Å². The van der Waals surface area contributed by atoms with Gasteiger partial charge in [0.25, 0.3) is 5.91 Å². The Morgan fingerprint density at radius 3 is 2.73 bits per heavy atom. The third-order valence-electron chi connectivity index (χ3n) is 3.54. The topological polar surface area (TPSA) is 56.1 Å². The fourth-order valence-corrected chi connectivity index (χ4v) is 4.77. The number of amides is 1. The van der Waals surface area contributed by atoms with Crippen LogP contribution in [0.4, 0.5) is 0 Å². The first kappa shape index (κ1) is 16.2. The monoisotopic (exact) mass is 401 g/mol. The van der Waals surface area contributed by atoms with Gasteiger partial charge >= 0.3 is 0 Å². The Morgan fingerprint density at radius 1 is 1.32 bits per heavy atom. The van der Waals surface area contributed by atoms with Gasteiger partial charge in [-0.1, -0.05) is 0 Å². The largest absolute Gasteiger partial charge is 0.395 e. The fraction of sp³-hybridized carbons (Fsp3) is 0.429. The predicted octanol–water partition coefficient (Wildman–Crippen LogP) is 2.09. The van der Waals surface area contributed by atoms with Crippen molar-refractivity contribution in [3.05, 3.63) is 25.7 Å².